The summed E-state index contributed by atoms with van der Waals surface area (Å²) in [5, 5.41) is 5.68. The summed E-state index contributed by atoms with van der Waals surface area (Å²) in [6.07, 6.45) is 7.05. The molecule has 0 aromatic carbocycles. The fourth-order valence-electron chi connectivity index (χ4n) is 2.15. The van der Waals surface area contributed by atoms with Gasteiger partial charge >= 0.3 is 0 Å². The molecule has 0 bridgehead atoms. The molecule has 1 saturated carbocycles. The molecule has 1 fully saturated rings. The molecule has 1 aliphatic carbocycles. The van der Waals surface area contributed by atoms with Crippen molar-refractivity contribution < 1.29 is 0 Å². The molecule has 2 aromatic heterocycles. The first-order valence-corrected chi connectivity index (χ1v) is 8.01. The molecular weight excluding hydrogens is 250 g/mol. The summed E-state index contributed by atoms with van der Waals surface area (Å²) in [5.41, 5.74) is 2.46. The van der Waals surface area contributed by atoms with Gasteiger partial charge in [0.25, 0.3) is 0 Å². The Labute approximate surface area is 110 Å². The minimum Gasteiger partial charge on any atom is -0.310 e. The topological polar surface area (TPSA) is 29.3 Å². The van der Waals surface area contributed by atoms with E-state index in [0.717, 1.165) is 23.7 Å². The second-order valence-electron chi connectivity index (χ2n) is 4.69. The van der Waals surface area contributed by atoms with E-state index in [2.05, 4.69) is 39.5 Å². The minimum atomic E-state index is 0.534. The van der Waals surface area contributed by atoms with E-state index in [1.54, 1.807) is 11.3 Å². The van der Waals surface area contributed by atoms with Gasteiger partial charge in [0.05, 0.1) is 11.4 Å². The molecule has 2 aromatic rings. The predicted molar refractivity (Wildman–Crippen MR) is 75.0 cm³/mol. The van der Waals surface area contributed by atoms with Gasteiger partial charge in [-0.05, 0) is 26.0 Å². The van der Waals surface area contributed by atoms with Crippen molar-refractivity contribution in [2.45, 2.75) is 31.1 Å². The van der Waals surface area contributed by atoms with Crippen LogP contribution in [-0.2, 0) is 6.54 Å². The number of thioether (sulfide) groups is 1. The second kappa shape index (κ2) is 4.30. The second-order valence-corrected chi connectivity index (χ2v) is 6.84. The highest BCUT2D eigenvalue weighted by atomic mass is 32.2. The van der Waals surface area contributed by atoms with E-state index < -0.39 is 0 Å². The van der Waals surface area contributed by atoms with Crippen molar-refractivity contribution in [3.05, 3.63) is 23.0 Å². The Morgan fingerprint density at radius 2 is 2.41 bits per heavy atom. The van der Waals surface area contributed by atoms with Gasteiger partial charge in [0.2, 0.25) is 0 Å². The lowest BCUT2D eigenvalue weighted by Gasteiger charge is -2.12. The lowest BCUT2D eigenvalue weighted by atomic mass is 10.3. The normalized spacial score (nSPS) is 17.8. The highest BCUT2D eigenvalue weighted by Gasteiger charge is 2.41. The smallest absolute Gasteiger partial charge is 0.194 e. The van der Waals surface area contributed by atoms with Crippen LogP contribution < -0.4 is 5.32 Å². The van der Waals surface area contributed by atoms with E-state index in [1.807, 2.05) is 11.8 Å². The molecule has 0 spiro atoms. The molecule has 0 amide bonds. The monoisotopic (exact) mass is 267 g/mol. The first kappa shape index (κ1) is 11.6. The zero-order chi connectivity index (χ0) is 11.9. The van der Waals surface area contributed by atoms with Crippen LogP contribution in [0.25, 0.3) is 4.96 Å². The lowest BCUT2D eigenvalue weighted by Crippen LogP contribution is -2.26. The van der Waals surface area contributed by atoms with Crippen LogP contribution in [0.4, 0.5) is 0 Å². The van der Waals surface area contributed by atoms with Gasteiger partial charge in [0.1, 0.15) is 0 Å². The summed E-state index contributed by atoms with van der Waals surface area (Å²) in [5.74, 6) is 0. The van der Waals surface area contributed by atoms with Gasteiger partial charge < -0.3 is 5.32 Å². The Hall–Kier alpha value is -0.520. The first-order chi connectivity index (χ1) is 8.24. The Bertz CT molecular complexity index is 525. The van der Waals surface area contributed by atoms with E-state index in [4.69, 9.17) is 0 Å². The Morgan fingerprint density at radius 3 is 3.12 bits per heavy atom. The van der Waals surface area contributed by atoms with E-state index in [9.17, 15) is 0 Å². The molecule has 0 unspecified atom stereocenters. The highest BCUT2D eigenvalue weighted by molar-refractivity contribution is 8.00. The number of fused-ring (bicyclic) bond motifs is 1. The molecule has 92 valence electrons. The van der Waals surface area contributed by atoms with E-state index in [0.29, 0.717) is 4.75 Å². The van der Waals surface area contributed by atoms with Crippen molar-refractivity contribution in [1.29, 1.82) is 0 Å². The molecule has 3 rings (SSSR count). The quantitative estimate of drug-likeness (QED) is 0.903. The maximum atomic E-state index is 4.56. The molecule has 17 heavy (non-hydrogen) atoms. The molecule has 5 heteroatoms. The summed E-state index contributed by atoms with van der Waals surface area (Å²) in [6, 6.07) is 0. The van der Waals surface area contributed by atoms with Crippen LogP contribution in [0.1, 0.15) is 24.2 Å². The summed E-state index contributed by atoms with van der Waals surface area (Å²) in [7, 11) is 0. The fourth-order valence-corrected chi connectivity index (χ4v) is 3.69. The van der Waals surface area contributed by atoms with E-state index >= 15 is 0 Å². The van der Waals surface area contributed by atoms with Crippen molar-refractivity contribution in [2.24, 2.45) is 0 Å². The summed E-state index contributed by atoms with van der Waals surface area (Å²) in [4.78, 5) is 5.66. The lowest BCUT2D eigenvalue weighted by molar-refractivity contribution is 0.648. The largest absolute Gasteiger partial charge is 0.310 e. The van der Waals surface area contributed by atoms with Gasteiger partial charge in [0.15, 0.2) is 4.96 Å². The average molecular weight is 267 g/mol. The standard InChI is InChI=1S/C12H17N3S2/c1-9-10(15-5-6-17-11(15)14-9)7-13-8-12(16-2)3-4-12/h5-6,13H,3-4,7-8H2,1-2H3. The van der Waals surface area contributed by atoms with Crippen LogP contribution >= 0.6 is 23.1 Å². The van der Waals surface area contributed by atoms with Gasteiger partial charge in [0, 0.05) is 29.4 Å². The Morgan fingerprint density at radius 1 is 1.59 bits per heavy atom. The Kier molecular flexibility index (Phi) is 2.92. The molecule has 1 aliphatic rings. The van der Waals surface area contributed by atoms with Crippen LogP contribution in [0.3, 0.4) is 0 Å². The molecule has 1 N–H and O–H groups in total. The minimum absolute atomic E-state index is 0.534. The number of hydrogen-bond acceptors (Lipinski definition) is 4. The average Bonchev–Trinajstić information content (AvgIpc) is 2.87. The number of thiazole rings is 1. The van der Waals surface area contributed by atoms with E-state index in [1.165, 1.54) is 18.5 Å². The number of hydrogen-bond donors (Lipinski definition) is 1. The predicted octanol–water partition coefficient (Wildman–Crippen LogP) is 2.69. The van der Waals surface area contributed by atoms with Crippen molar-refractivity contribution in [2.75, 3.05) is 12.8 Å². The number of imidazole rings is 1. The molecule has 0 radical (unpaired) electrons. The van der Waals surface area contributed by atoms with Crippen LogP contribution in [0.5, 0.6) is 0 Å². The Balaban J connectivity index is 1.68. The van der Waals surface area contributed by atoms with Gasteiger partial charge in [-0.3, -0.25) is 4.40 Å². The summed E-state index contributed by atoms with van der Waals surface area (Å²) < 4.78 is 2.73. The highest BCUT2D eigenvalue weighted by Crippen LogP contribution is 2.46. The number of rotatable bonds is 5. The summed E-state index contributed by atoms with van der Waals surface area (Å²) in [6.45, 7) is 4.13. The third-order valence-electron chi connectivity index (χ3n) is 3.54. The van der Waals surface area contributed by atoms with E-state index in [-0.39, 0.29) is 0 Å². The summed E-state index contributed by atoms with van der Waals surface area (Å²) >= 11 is 3.70. The number of nitrogens with one attached hydrogen (secondary N) is 1. The number of aromatic nitrogens is 2. The van der Waals surface area contributed by atoms with Gasteiger partial charge in [-0.2, -0.15) is 11.8 Å². The molecule has 0 aliphatic heterocycles. The molecule has 3 nitrogen and oxygen atoms in total. The van der Waals surface area contributed by atoms with Crippen molar-refractivity contribution in [3.63, 3.8) is 0 Å². The first-order valence-electron chi connectivity index (χ1n) is 5.91. The van der Waals surface area contributed by atoms with Gasteiger partial charge in [-0.1, -0.05) is 0 Å². The molecular formula is C12H17N3S2. The van der Waals surface area contributed by atoms with Crippen LogP contribution in [-0.4, -0.2) is 26.9 Å². The molecule has 0 atom stereocenters. The SMILES string of the molecule is CSC1(CNCc2c(C)nc3sccn23)CC1. The number of nitrogens with zero attached hydrogens (tertiary/aromatic N) is 2. The zero-order valence-electron chi connectivity index (χ0n) is 10.2. The van der Waals surface area contributed by atoms with Crippen molar-refractivity contribution >= 4 is 28.1 Å². The molecule has 2 heterocycles. The van der Waals surface area contributed by atoms with Crippen molar-refractivity contribution in [3.8, 4) is 0 Å². The van der Waals surface area contributed by atoms with Crippen LogP contribution in [0.2, 0.25) is 0 Å². The van der Waals surface area contributed by atoms with Crippen LogP contribution in [0, 0.1) is 6.92 Å². The van der Waals surface area contributed by atoms with Gasteiger partial charge in [-0.15, -0.1) is 11.3 Å². The third kappa shape index (κ3) is 2.11. The zero-order valence-corrected chi connectivity index (χ0v) is 11.8. The van der Waals surface area contributed by atoms with Gasteiger partial charge in [-0.25, -0.2) is 4.98 Å². The fraction of sp³-hybridized carbons (Fsp3) is 0.583. The maximum absolute atomic E-state index is 4.56. The third-order valence-corrected chi connectivity index (χ3v) is 5.72. The van der Waals surface area contributed by atoms with Crippen molar-refractivity contribution in [1.82, 2.24) is 14.7 Å². The molecule has 0 saturated heterocycles. The maximum Gasteiger partial charge on any atom is 0.194 e. The van der Waals surface area contributed by atoms with Crippen LogP contribution in [0.15, 0.2) is 11.6 Å². The number of aryl methyl sites for hydroxylation is 1.